The molecule has 12 heteroatoms. The van der Waals surface area contributed by atoms with Gasteiger partial charge in [0.05, 0.1) is 13.2 Å². The first-order chi connectivity index (χ1) is 12.1. The van der Waals surface area contributed by atoms with Gasteiger partial charge >= 0.3 is 5.97 Å². The lowest BCUT2D eigenvalue weighted by Gasteiger charge is -2.26. The zero-order valence-electron chi connectivity index (χ0n) is 14.5. The number of aliphatic carboxylic acids is 1. The first-order valence-corrected chi connectivity index (χ1v) is 8.44. The summed E-state index contributed by atoms with van der Waals surface area (Å²) in [5.41, 5.74) is 5.35. The van der Waals surface area contributed by atoms with Gasteiger partial charge in [-0.05, 0) is 5.92 Å². The van der Waals surface area contributed by atoms with E-state index in [1.54, 1.807) is 13.8 Å². The molecule has 8 N–H and O–H groups in total. The predicted molar refractivity (Wildman–Crippen MR) is 94.3 cm³/mol. The minimum atomic E-state index is -1.51. The highest BCUT2D eigenvalue weighted by molar-refractivity contribution is 7.80. The minimum Gasteiger partial charge on any atom is -0.480 e. The fourth-order valence-corrected chi connectivity index (χ4v) is 2.05. The lowest BCUT2D eigenvalue weighted by molar-refractivity contribution is -0.143. The van der Waals surface area contributed by atoms with Crippen molar-refractivity contribution in [3.8, 4) is 0 Å². The number of nitrogens with two attached hydrogens (primary N) is 1. The summed E-state index contributed by atoms with van der Waals surface area (Å²) in [5, 5.41) is 33.5. The van der Waals surface area contributed by atoms with Crippen molar-refractivity contribution in [1.29, 1.82) is 0 Å². The maximum atomic E-state index is 12.3. The third kappa shape index (κ3) is 7.56. The van der Waals surface area contributed by atoms with Gasteiger partial charge in [0.1, 0.15) is 24.2 Å². The van der Waals surface area contributed by atoms with E-state index in [4.69, 9.17) is 21.1 Å². The largest absolute Gasteiger partial charge is 0.480 e. The van der Waals surface area contributed by atoms with Gasteiger partial charge in [0, 0.05) is 5.75 Å². The Bertz CT molecular complexity index is 518. The van der Waals surface area contributed by atoms with Crippen molar-refractivity contribution in [3.63, 3.8) is 0 Å². The fraction of sp³-hybridized carbons (Fsp3) is 0.714. The topological polar surface area (TPSA) is 191 Å². The van der Waals surface area contributed by atoms with Crippen LogP contribution < -0.4 is 21.7 Å². The van der Waals surface area contributed by atoms with Gasteiger partial charge in [0.2, 0.25) is 17.7 Å². The van der Waals surface area contributed by atoms with Crippen molar-refractivity contribution in [1.82, 2.24) is 16.0 Å². The van der Waals surface area contributed by atoms with Gasteiger partial charge in [0.25, 0.3) is 0 Å². The Hall–Kier alpha value is -1.89. The van der Waals surface area contributed by atoms with E-state index < -0.39 is 67.0 Å². The minimum absolute atomic E-state index is 0.101. The molecule has 3 amide bonds. The maximum Gasteiger partial charge on any atom is 0.328 e. The highest BCUT2D eigenvalue weighted by Gasteiger charge is 2.31. The molecule has 0 rings (SSSR count). The van der Waals surface area contributed by atoms with Crippen LogP contribution in [0.4, 0.5) is 0 Å². The van der Waals surface area contributed by atoms with Crippen molar-refractivity contribution in [2.24, 2.45) is 11.7 Å². The summed E-state index contributed by atoms with van der Waals surface area (Å²) in [6.45, 7) is 1.82. The van der Waals surface area contributed by atoms with E-state index in [-0.39, 0.29) is 5.75 Å². The van der Waals surface area contributed by atoms with Gasteiger partial charge in [-0.3, -0.25) is 14.4 Å². The number of aliphatic hydroxyl groups is 2. The van der Waals surface area contributed by atoms with Crippen molar-refractivity contribution >= 4 is 36.3 Å². The first kappa shape index (κ1) is 24.1. The van der Waals surface area contributed by atoms with Crippen LogP contribution in [0.5, 0.6) is 0 Å². The number of amides is 3. The Kier molecular flexibility index (Phi) is 10.8. The number of rotatable bonds is 11. The normalized spacial score (nSPS) is 15.5. The van der Waals surface area contributed by atoms with Crippen molar-refractivity contribution in [2.75, 3.05) is 19.0 Å². The molecular formula is C14H26N4O7S. The predicted octanol–water partition coefficient (Wildman–Crippen LogP) is -3.58. The Morgan fingerprint density at radius 1 is 0.923 bits per heavy atom. The van der Waals surface area contributed by atoms with Crippen LogP contribution in [0.25, 0.3) is 0 Å². The van der Waals surface area contributed by atoms with Crippen molar-refractivity contribution < 1.29 is 34.5 Å². The van der Waals surface area contributed by atoms with Gasteiger partial charge < -0.3 is 37.0 Å². The molecule has 0 aromatic heterocycles. The van der Waals surface area contributed by atoms with Crippen LogP contribution in [0.15, 0.2) is 0 Å². The number of carboxylic acid groups (broad SMARTS) is 1. The number of thiol groups is 1. The molecule has 0 aromatic rings. The Balaban J connectivity index is 5.06. The summed E-state index contributed by atoms with van der Waals surface area (Å²) in [7, 11) is 0. The van der Waals surface area contributed by atoms with E-state index in [1.165, 1.54) is 0 Å². The monoisotopic (exact) mass is 394 g/mol. The average molecular weight is 394 g/mol. The number of carbonyl (C=O) groups excluding carboxylic acids is 3. The molecule has 0 spiro atoms. The van der Waals surface area contributed by atoms with Gasteiger partial charge in [-0.2, -0.15) is 12.6 Å². The molecule has 0 radical (unpaired) electrons. The SMILES string of the molecule is CC(C)C(NC(=O)C(CS)NC(=O)C(N)CO)C(=O)NC(CO)C(=O)O. The summed E-state index contributed by atoms with van der Waals surface area (Å²) in [6.07, 6.45) is 0. The molecule has 26 heavy (non-hydrogen) atoms. The van der Waals surface area contributed by atoms with Crippen LogP contribution in [-0.2, 0) is 19.2 Å². The van der Waals surface area contributed by atoms with Crippen LogP contribution in [0.3, 0.4) is 0 Å². The van der Waals surface area contributed by atoms with E-state index >= 15 is 0 Å². The van der Waals surface area contributed by atoms with E-state index in [0.29, 0.717) is 0 Å². The number of hydrogen-bond acceptors (Lipinski definition) is 8. The zero-order chi connectivity index (χ0) is 20.4. The fourth-order valence-electron chi connectivity index (χ4n) is 1.79. The quantitative estimate of drug-likeness (QED) is 0.165. The molecule has 150 valence electrons. The second-order valence-electron chi connectivity index (χ2n) is 5.85. The summed E-state index contributed by atoms with van der Waals surface area (Å²) >= 11 is 3.96. The standard InChI is InChI=1S/C14H26N4O7S/c1-6(2)10(13(23)16-8(4-20)14(24)25)18-12(22)9(5-26)17-11(21)7(15)3-19/h6-10,19-20,26H,3-5,15H2,1-2H3,(H,16,23)(H,17,21)(H,18,22)(H,24,25). The van der Waals surface area contributed by atoms with Crippen LogP contribution in [0.1, 0.15) is 13.8 Å². The van der Waals surface area contributed by atoms with Gasteiger partial charge in [-0.25, -0.2) is 4.79 Å². The molecule has 0 heterocycles. The number of nitrogens with one attached hydrogen (secondary N) is 3. The third-order valence-corrected chi connectivity index (χ3v) is 3.76. The maximum absolute atomic E-state index is 12.3. The smallest absolute Gasteiger partial charge is 0.328 e. The Morgan fingerprint density at radius 3 is 1.85 bits per heavy atom. The molecule has 0 bridgehead atoms. The lowest BCUT2D eigenvalue weighted by Crippen LogP contribution is -2.59. The molecule has 11 nitrogen and oxygen atoms in total. The molecule has 0 saturated heterocycles. The van der Waals surface area contributed by atoms with E-state index in [9.17, 15) is 19.2 Å². The molecule has 4 atom stereocenters. The van der Waals surface area contributed by atoms with E-state index in [0.717, 1.165) is 0 Å². The number of hydrogen-bond donors (Lipinski definition) is 8. The Labute approximate surface area is 156 Å². The molecule has 0 aromatic carbocycles. The highest BCUT2D eigenvalue weighted by atomic mass is 32.1. The van der Waals surface area contributed by atoms with Crippen LogP contribution in [0.2, 0.25) is 0 Å². The highest BCUT2D eigenvalue weighted by Crippen LogP contribution is 2.04. The molecule has 0 aliphatic heterocycles. The molecule has 4 unspecified atom stereocenters. The molecule has 0 saturated carbocycles. The van der Waals surface area contributed by atoms with Crippen molar-refractivity contribution in [3.05, 3.63) is 0 Å². The second kappa shape index (κ2) is 11.7. The molecule has 0 fully saturated rings. The summed E-state index contributed by atoms with van der Waals surface area (Å²) in [5.74, 6) is -4.24. The van der Waals surface area contributed by atoms with Crippen molar-refractivity contribution in [2.45, 2.75) is 38.0 Å². The average Bonchev–Trinajstić information content (AvgIpc) is 2.59. The van der Waals surface area contributed by atoms with Crippen LogP contribution in [-0.4, -0.2) is 82.1 Å². The molecule has 0 aliphatic rings. The van der Waals surface area contributed by atoms with Gasteiger partial charge in [-0.15, -0.1) is 0 Å². The third-order valence-electron chi connectivity index (χ3n) is 3.39. The summed E-state index contributed by atoms with van der Waals surface area (Å²) < 4.78 is 0. The van der Waals surface area contributed by atoms with Crippen LogP contribution in [0, 0.1) is 5.92 Å². The number of carboxylic acids is 1. The second-order valence-corrected chi connectivity index (χ2v) is 6.21. The zero-order valence-corrected chi connectivity index (χ0v) is 15.4. The lowest BCUT2D eigenvalue weighted by atomic mass is 10.0. The number of aliphatic hydroxyl groups excluding tert-OH is 2. The molecule has 0 aliphatic carbocycles. The molecular weight excluding hydrogens is 368 g/mol. The van der Waals surface area contributed by atoms with Gasteiger partial charge in [-0.1, -0.05) is 13.8 Å². The summed E-state index contributed by atoms with van der Waals surface area (Å²) in [4.78, 5) is 47.1. The first-order valence-electron chi connectivity index (χ1n) is 7.81. The number of carbonyl (C=O) groups is 4. The van der Waals surface area contributed by atoms with Gasteiger partial charge in [0.15, 0.2) is 0 Å². The van der Waals surface area contributed by atoms with E-state index in [1.807, 2.05) is 0 Å². The van der Waals surface area contributed by atoms with E-state index in [2.05, 4.69) is 28.6 Å². The Morgan fingerprint density at radius 2 is 1.46 bits per heavy atom. The van der Waals surface area contributed by atoms with Crippen LogP contribution >= 0.6 is 12.6 Å². The summed E-state index contributed by atoms with van der Waals surface area (Å²) in [6, 6.07) is -4.95.